The van der Waals surface area contributed by atoms with Crippen LogP contribution in [0.4, 0.5) is 4.79 Å². The summed E-state index contributed by atoms with van der Waals surface area (Å²) in [6, 6.07) is -0.579. The van der Waals surface area contributed by atoms with Gasteiger partial charge < -0.3 is 20.5 Å². The highest BCUT2D eigenvalue weighted by Gasteiger charge is 2.33. The molecule has 0 saturated heterocycles. The van der Waals surface area contributed by atoms with Crippen molar-refractivity contribution in [1.82, 2.24) is 10.6 Å². The highest BCUT2D eigenvalue weighted by molar-refractivity contribution is 5.77. The van der Waals surface area contributed by atoms with Crippen molar-refractivity contribution in [3.63, 3.8) is 0 Å². The van der Waals surface area contributed by atoms with Gasteiger partial charge in [0.25, 0.3) is 0 Å². The molecule has 3 unspecified atom stereocenters. The van der Waals surface area contributed by atoms with Gasteiger partial charge in [-0.1, -0.05) is 6.42 Å². The van der Waals surface area contributed by atoms with Crippen molar-refractivity contribution in [1.29, 1.82) is 0 Å². The van der Waals surface area contributed by atoms with E-state index in [-0.39, 0.29) is 18.2 Å². The fourth-order valence-electron chi connectivity index (χ4n) is 2.23. The number of amides is 2. The Hall–Kier alpha value is -1.30. The molecule has 0 spiro atoms. The zero-order valence-corrected chi connectivity index (χ0v) is 10.9. The van der Waals surface area contributed by atoms with Gasteiger partial charge in [-0.05, 0) is 26.7 Å². The molecular formula is C12H22N2O4. The van der Waals surface area contributed by atoms with Crippen LogP contribution in [-0.2, 0) is 9.53 Å². The lowest BCUT2D eigenvalue weighted by atomic mass is 10.0. The second kappa shape index (κ2) is 7.20. The summed E-state index contributed by atoms with van der Waals surface area (Å²) in [6.07, 6.45) is 2.16. The van der Waals surface area contributed by atoms with Crippen molar-refractivity contribution in [2.45, 2.75) is 45.3 Å². The van der Waals surface area contributed by atoms with E-state index in [2.05, 4.69) is 10.6 Å². The molecule has 0 aromatic carbocycles. The van der Waals surface area contributed by atoms with Gasteiger partial charge in [-0.3, -0.25) is 4.79 Å². The molecule has 0 aromatic rings. The zero-order chi connectivity index (χ0) is 13.5. The molecule has 6 nitrogen and oxygen atoms in total. The summed E-state index contributed by atoms with van der Waals surface area (Å²) in [5.74, 6) is -1.29. The normalized spacial score (nSPS) is 24.6. The topological polar surface area (TPSA) is 87.7 Å². The number of hydrogen-bond donors (Lipinski definition) is 3. The predicted octanol–water partition coefficient (Wildman–Crippen LogP) is 0.964. The summed E-state index contributed by atoms with van der Waals surface area (Å²) in [5.41, 5.74) is 0. The first kappa shape index (κ1) is 14.8. The molecule has 6 heteroatoms. The Labute approximate surface area is 107 Å². The van der Waals surface area contributed by atoms with Crippen LogP contribution in [-0.4, -0.2) is 42.4 Å². The molecule has 1 rings (SSSR count). The molecule has 1 saturated carbocycles. The highest BCUT2D eigenvalue weighted by Crippen LogP contribution is 2.25. The smallest absolute Gasteiger partial charge is 0.315 e. The van der Waals surface area contributed by atoms with Gasteiger partial charge in [-0.2, -0.15) is 0 Å². The van der Waals surface area contributed by atoms with E-state index in [1.165, 1.54) is 0 Å². The number of carbonyl (C=O) groups excluding carboxylic acids is 1. The highest BCUT2D eigenvalue weighted by atomic mass is 16.5. The van der Waals surface area contributed by atoms with E-state index < -0.39 is 11.9 Å². The van der Waals surface area contributed by atoms with E-state index in [9.17, 15) is 9.59 Å². The van der Waals surface area contributed by atoms with Gasteiger partial charge in [0, 0.05) is 19.2 Å². The number of rotatable bonds is 6. The van der Waals surface area contributed by atoms with E-state index in [1.807, 2.05) is 13.8 Å². The van der Waals surface area contributed by atoms with Crippen LogP contribution < -0.4 is 10.6 Å². The quantitative estimate of drug-likeness (QED) is 0.662. The fourth-order valence-corrected chi connectivity index (χ4v) is 2.23. The van der Waals surface area contributed by atoms with E-state index in [4.69, 9.17) is 9.84 Å². The largest absolute Gasteiger partial charge is 0.481 e. The third kappa shape index (κ3) is 4.52. The van der Waals surface area contributed by atoms with Crippen molar-refractivity contribution < 1.29 is 19.4 Å². The van der Waals surface area contributed by atoms with Gasteiger partial charge in [0.1, 0.15) is 0 Å². The number of carbonyl (C=O) groups is 2. The molecule has 18 heavy (non-hydrogen) atoms. The maximum atomic E-state index is 11.6. The Morgan fingerprint density at radius 2 is 2.17 bits per heavy atom. The minimum Gasteiger partial charge on any atom is -0.481 e. The molecule has 2 amide bonds. The van der Waals surface area contributed by atoms with E-state index >= 15 is 0 Å². The third-order valence-electron chi connectivity index (χ3n) is 3.15. The molecule has 104 valence electrons. The van der Waals surface area contributed by atoms with Crippen molar-refractivity contribution in [3.8, 4) is 0 Å². The number of urea groups is 1. The Kier molecular flexibility index (Phi) is 5.91. The molecule has 0 aliphatic heterocycles. The molecule has 1 fully saturated rings. The summed E-state index contributed by atoms with van der Waals surface area (Å²) < 4.78 is 5.28. The van der Waals surface area contributed by atoms with Gasteiger partial charge in [0.2, 0.25) is 0 Å². The van der Waals surface area contributed by atoms with Crippen molar-refractivity contribution >= 4 is 12.0 Å². The lowest BCUT2D eigenvalue weighted by molar-refractivity contribution is -0.142. The summed E-state index contributed by atoms with van der Waals surface area (Å²) in [6.45, 7) is 4.80. The number of hydrogen-bond acceptors (Lipinski definition) is 3. The van der Waals surface area contributed by atoms with E-state index in [0.29, 0.717) is 19.6 Å². The van der Waals surface area contributed by atoms with Crippen LogP contribution in [0.5, 0.6) is 0 Å². The number of aliphatic carboxylic acids is 1. The maximum Gasteiger partial charge on any atom is 0.315 e. The molecule has 0 bridgehead atoms. The lowest BCUT2D eigenvalue weighted by Gasteiger charge is -2.19. The van der Waals surface area contributed by atoms with E-state index in [1.54, 1.807) is 0 Å². The molecule has 1 aliphatic carbocycles. The second-order valence-corrected chi connectivity index (χ2v) is 4.60. The predicted molar refractivity (Wildman–Crippen MR) is 66.4 cm³/mol. The first-order valence-corrected chi connectivity index (χ1v) is 6.43. The first-order chi connectivity index (χ1) is 8.54. The van der Waals surface area contributed by atoms with E-state index in [0.717, 1.165) is 12.8 Å². The Morgan fingerprint density at radius 3 is 2.78 bits per heavy atom. The van der Waals surface area contributed by atoms with Crippen molar-refractivity contribution in [3.05, 3.63) is 0 Å². The number of carboxylic acid groups (broad SMARTS) is 1. The number of nitrogens with one attached hydrogen (secondary N) is 2. The molecule has 0 heterocycles. The SMILES string of the molecule is CCOC(C)CNC(=O)NC1CCCC1C(=O)O. The summed E-state index contributed by atoms with van der Waals surface area (Å²) in [4.78, 5) is 22.6. The van der Waals surface area contributed by atoms with Crippen LogP contribution in [0, 0.1) is 5.92 Å². The fraction of sp³-hybridized carbons (Fsp3) is 0.833. The Balaban J connectivity index is 2.29. The second-order valence-electron chi connectivity index (χ2n) is 4.60. The lowest BCUT2D eigenvalue weighted by Crippen LogP contribution is -2.47. The van der Waals surface area contributed by atoms with Crippen LogP contribution in [0.3, 0.4) is 0 Å². The van der Waals surface area contributed by atoms with Crippen LogP contribution in [0.25, 0.3) is 0 Å². The third-order valence-corrected chi connectivity index (χ3v) is 3.15. The summed E-state index contributed by atoms with van der Waals surface area (Å²) >= 11 is 0. The first-order valence-electron chi connectivity index (χ1n) is 6.43. The van der Waals surface area contributed by atoms with Crippen LogP contribution >= 0.6 is 0 Å². The van der Waals surface area contributed by atoms with Gasteiger partial charge in [0.05, 0.1) is 12.0 Å². The summed E-state index contributed by atoms with van der Waals surface area (Å²) in [5, 5.41) is 14.4. The molecule has 3 atom stereocenters. The Bertz CT molecular complexity index is 296. The van der Waals surface area contributed by atoms with Gasteiger partial charge >= 0.3 is 12.0 Å². The molecule has 3 N–H and O–H groups in total. The molecule has 0 radical (unpaired) electrons. The minimum absolute atomic E-state index is 0.0420. The maximum absolute atomic E-state index is 11.6. The Morgan fingerprint density at radius 1 is 1.44 bits per heavy atom. The van der Waals surface area contributed by atoms with Crippen LogP contribution in [0.15, 0.2) is 0 Å². The average Bonchev–Trinajstić information content (AvgIpc) is 2.75. The van der Waals surface area contributed by atoms with Gasteiger partial charge in [-0.15, -0.1) is 0 Å². The van der Waals surface area contributed by atoms with Crippen LogP contribution in [0.2, 0.25) is 0 Å². The zero-order valence-electron chi connectivity index (χ0n) is 10.9. The summed E-state index contributed by atoms with van der Waals surface area (Å²) in [7, 11) is 0. The van der Waals surface area contributed by atoms with Crippen molar-refractivity contribution in [2.75, 3.05) is 13.2 Å². The average molecular weight is 258 g/mol. The van der Waals surface area contributed by atoms with Gasteiger partial charge in [-0.25, -0.2) is 4.79 Å². The molecule has 0 aromatic heterocycles. The number of ether oxygens (including phenoxy) is 1. The minimum atomic E-state index is -0.833. The van der Waals surface area contributed by atoms with Crippen molar-refractivity contribution in [2.24, 2.45) is 5.92 Å². The van der Waals surface area contributed by atoms with Gasteiger partial charge in [0.15, 0.2) is 0 Å². The standard InChI is InChI=1S/C12H22N2O4/c1-3-18-8(2)7-13-12(17)14-10-6-4-5-9(10)11(15)16/h8-10H,3-7H2,1-2H3,(H,15,16)(H2,13,14,17). The van der Waals surface area contributed by atoms with Crippen LogP contribution in [0.1, 0.15) is 33.1 Å². The molecular weight excluding hydrogens is 236 g/mol. The monoisotopic (exact) mass is 258 g/mol. The molecule has 1 aliphatic rings. The number of carboxylic acids is 1.